The van der Waals surface area contributed by atoms with Gasteiger partial charge in [-0.1, -0.05) is 13.8 Å². The van der Waals surface area contributed by atoms with Crippen molar-refractivity contribution in [3.8, 4) is 0 Å². The third-order valence-electron chi connectivity index (χ3n) is 6.28. The van der Waals surface area contributed by atoms with E-state index in [0.29, 0.717) is 12.0 Å². The highest BCUT2D eigenvalue weighted by Gasteiger charge is 2.52. The minimum atomic E-state index is -1.19. The SMILES string of the molecule is CC(C)CC(=O)OC1OC=C(COC2CC(O)C(O)C(CO)O2)C2CC(O)C(CO)C12. The molecule has 9 atom stereocenters. The molecule has 0 amide bonds. The van der Waals surface area contributed by atoms with E-state index in [9.17, 15) is 30.3 Å². The van der Waals surface area contributed by atoms with Gasteiger partial charge in [-0.25, -0.2) is 0 Å². The first-order valence-corrected chi connectivity index (χ1v) is 10.8. The molecule has 10 nitrogen and oxygen atoms in total. The van der Waals surface area contributed by atoms with Gasteiger partial charge in [0.05, 0.1) is 31.7 Å². The third-order valence-corrected chi connectivity index (χ3v) is 6.28. The third kappa shape index (κ3) is 5.57. The zero-order valence-corrected chi connectivity index (χ0v) is 17.9. The molecule has 2 fully saturated rings. The van der Waals surface area contributed by atoms with E-state index < -0.39 is 61.4 Å². The molecule has 0 aromatic heterocycles. The van der Waals surface area contributed by atoms with E-state index in [1.54, 1.807) is 0 Å². The summed E-state index contributed by atoms with van der Waals surface area (Å²) in [5.74, 6) is -1.44. The van der Waals surface area contributed by atoms with E-state index in [0.717, 1.165) is 0 Å². The lowest BCUT2D eigenvalue weighted by Gasteiger charge is -2.38. The Morgan fingerprint density at radius 3 is 2.55 bits per heavy atom. The van der Waals surface area contributed by atoms with Gasteiger partial charge in [0.15, 0.2) is 6.29 Å². The van der Waals surface area contributed by atoms with E-state index >= 15 is 0 Å². The Hall–Kier alpha value is -1.27. The molecule has 3 aliphatic rings. The first kappa shape index (κ1) is 24.4. The smallest absolute Gasteiger partial charge is 0.309 e. The van der Waals surface area contributed by atoms with Crippen molar-refractivity contribution in [3.63, 3.8) is 0 Å². The second kappa shape index (κ2) is 10.6. The highest BCUT2D eigenvalue weighted by atomic mass is 16.7. The Labute approximate surface area is 181 Å². The molecule has 9 unspecified atom stereocenters. The summed E-state index contributed by atoms with van der Waals surface area (Å²) < 4.78 is 22.4. The summed E-state index contributed by atoms with van der Waals surface area (Å²) in [5.41, 5.74) is 0.709. The number of esters is 1. The van der Waals surface area contributed by atoms with Crippen molar-refractivity contribution < 1.29 is 49.3 Å². The molecule has 1 aliphatic carbocycles. The van der Waals surface area contributed by atoms with Gasteiger partial charge >= 0.3 is 5.97 Å². The van der Waals surface area contributed by atoms with Crippen LogP contribution in [0.25, 0.3) is 0 Å². The number of aliphatic hydroxyl groups excluding tert-OH is 5. The summed E-state index contributed by atoms with van der Waals surface area (Å²) in [5, 5.41) is 49.3. The highest BCUT2D eigenvalue weighted by molar-refractivity contribution is 5.69. The molecule has 1 saturated heterocycles. The molecule has 178 valence electrons. The van der Waals surface area contributed by atoms with Gasteiger partial charge < -0.3 is 44.5 Å². The fourth-order valence-electron chi connectivity index (χ4n) is 4.63. The van der Waals surface area contributed by atoms with Gasteiger partial charge in [0.1, 0.15) is 12.2 Å². The summed E-state index contributed by atoms with van der Waals surface area (Å²) in [4.78, 5) is 12.2. The van der Waals surface area contributed by atoms with E-state index in [1.807, 2.05) is 13.8 Å². The standard InChI is InChI=1S/C21H34O10/c1-10(2)3-17(26)31-21-19-12(4-14(24)13(19)6-22)11(9-29-21)8-28-18-5-15(25)20(27)16(7-23)30-18/h9-10,12-16,18-25,27H,3-8H2,1-2H3. The zero-order chi connectivity index (χ0) is 22.7. The molecule has 10 heteroatoms. The first-order valence-electron chi connectivity index (χ1n) is 10.8. The molecular weight excluding hydrogens is 412 g/mol. The Kier molecular flexibility index (Phi) is 8.31. The number of aliphatic hydroxyl groups is 5. The van der Waals surface area contributed by atoms with Crippen molar-refractivity contribution in [2.45, 2.75) is 70.1 Å². The van der Waals surface area contributed by atoms with Crippen molar-refractivity contribution >= 4 is 5.97 Å². The Balaban J connectivity index is 1.67. The summed E-state index contributed by atoms with van der Waals surface area (Å²) in [6.07, 6.45) is -3.66. The van der Waals surface area contributed by atoms with Crippen LogP contribution in [0.5, 0.6) is 0 Å². The van der Waals surface area contributed by atoms with Crippen molar-refractivity contribution in [3.05, 3.63) is 11.8 Å². The number of ether oxygens (including phenoxy) is 4. The number of carbonyl (C=O) groups is 1. The highest BCUT2D eigenvalue weighted by Crippen LogP contribution is 2.47. The molecule has 31 heavy (non-hydrogen) atoms. The summed E-state index contributed by atoms with van der Waals surface area (Å²) in [6, 6.07) is 0. The fourth-order valence-corrected chi connectivity index (χ4v) is 4.63. The maximum absolute atomic E-state index is 12.2. The van der Waals surface area contributed by atoms with Crippen LogP contribution in [0, 0.1) is 23.7 Å². The van der Waals surface area contributed by atoms with Crippen LogP contribution in [0.4, 0.5) is 0 Å². The van der Waals surface area contributed by atoms with E-state index in [4.69, 9.17) is 18.9 Å². The number of rotatable bonds is 8. The Morgan fingerprint density at radius 2 is 1.90 bits per heavy atom. The molecule has 0 aromatic rings. The molecule has 1 saturated carbocycles. The second-order valence-corrected chi connectivity index (χ2v) is 9.01. The van der Waals surface area contributed by atoms with Crippen LogP contribution in [0.1, 0.15) is 33.1 Å². The van der Waals surface area contributed by atoms with Crippen LogP contribution in [0.3, 0.4) is 0 Å². The monoisotopic (exact) mass is 446 g/mol. The Bertz CT molecular complexity index is 638. The normalized spacial score (nSPS) is 40.3. The second-order valence-electron chi connectivity index (χ2n) is 9.01. The average Bonchev–Trinajstić information content (AvgIpc) is 3.05. The lowest BCUT2D eigenvalue weighted by Crippen LogP contribution is -2.50. The molecular formula is C21H34O10. The summed E-state index contributed by atoms with van der Waals surface area (Å²) >= 11 is 0. The van der Waals surface area contributed by atoms with Crippen molar-refractivity contribution in [1.29, 1.82) is 0 Å². The van der Waals surface area contributed by atoms with Crippen molar-refractivity contribution in [1.82, 2.24) is 0 Å². The van der Waals surface area contributed by atoms with Crippen LogP contribution >= 0.6 is 0 Å². The number of fused-ring (bicyclic) bond motifs is 1. The maximum atomic E-state index is 12.2. The minimum absolute atomic E-state index is 0.0389. The number of hydrogen-bond acceptors (Lipinski definition) is 10. The lowest BCUT2D eigenvalue weighted by molar-refractivity contribution is -0.255. The topological polar surface area (TPSA) is 155 Å². The van der Waals surface area contributed by atoms with Crippen molar-refractivity contribution in [2.75, 3.05) is 19.8 Å². The Morgan fingerprint density at radius 1 is 1.16 bits per heavy atom. The lowest BCUT2D eigenvalue weighted by atomic mass is 9.83. The molecule has 0 bridgehead atoms. The average molecular weight is 446 g/mol. The fraction of sp³-hybridized carbons (Fsp3) is 0.857. The summed E-state index contributed by atoms with van der Waals surface area (Å²) in [7, 11) is 0. The predicted molar refractivity (Wildman–Crippen MR) is 105 cm³/mol. The van der Waals surface area contributed by atoms with E-state index in [-0.39, 0.29) is 37.9 Å². The van der Waals surface area contributed by atoms with Gasteiger partial charge in [-0.15, -0.1) is 0 Å². The quantitative estimate of drug-likeness (QED) is 0.301. The van der Waals surface area contributed by atoms with Gasteiger partial charge in [-0.3, -0.25) is 4.79 Å². The summed E-state index contributed by atoms with van der Waals surface area (Å²) in [6.45, 7) is 3.14. The zero-order valence-electron chi connectivity index (χ0n) is 17.9. The van der Waals surface area contributed by atoms with Crippen LogP contribution in [0.2, 0.25) is 0 Å². The van der Waals surface area contributed by atoms with Gasteiger partial charge in [-0.2, -0.15) is 0 Å². The van der Waals surface area contributed by atoms with Gasteiger partial charge in [0.25, 0.3) is 0 Å². The molecule has 0 spiro atoms. The number of carbonyl (C=O) groups excluding carboxylic acids is 1. The van der Waals surface area contributed by atoms with Gasteiger partial charge in [0.2, 0.25) is 6.29 Å². The van der Waals surface area contributed by atoms with Crippen LogP contribution in [-0.4, -0.2) is 88.3 Å². The van der Waals surface area contributed by atoms with Crippen LogP contribution in [-0.2, 0) is 23.7 Å². The molecule has 0 aromatic carbocycles. The van der Waals surface area contributed by atoms with E-state index in [2.05, 4.69) is 0 Å². The molecule has 2 heterocycles. The van der Waals surface area contributed by atoms with E-state index in [1.165, 1.54) is 6.26 Å². The first-order chi connectivity index (χ1) is 14.7. The van der Waals surface area contributed by atoms with Crippen LogP contribution in [0.15, 0.2) is 11.8 Å². The van der Waals surface area contributed by atoms with Gasteiger partial charge in [-0.05, 0) is 23.8 Å². The largest absolute Gasteiger partial charge is 0.462 e. The maximum Gasteiger partial charge on any atom is 0.309 e. The molecule has 5 N–H and O–H groups in total. The molecule has 2 aliphatic heterocycles. The van der Waals surface area contributed by atoms with Gasteiger partial charge in [0, 0.05) is 31.3 Å². The number of hydrogen-bond donors (Lipinski definition) is 5. The minimum Gasteiger partial charge on any atom is -0.462 e. The van der Waals surface area contributed by atoms with Crippen LogP contribution < -0.4 is 0 Å². The molecule has 3 rings (SSSR count). The molecule has 0 radical (unpaired) electrons. The van der Waals surface area contributed by atoms with Crippen molar-refractivity contribution in [2.24, 2.45) is 23.7 Å². The predicted octanol–water partition coefficient (Wildman–Crippen LogP) is -0.733.